The standard InChI is InChI=1S/C9H6N4O/c10-4-6-2-1-3-8(7(6)5-11)13-9(12)14/h1-3H,(H3,12,13,14). The van der Waals surface area contributed by atoms with Crippen LogP contribution in [-0.4, -0.2) is 6.03 Å². The number of anilines is 1. The van der Waals surface area contributed by atoms with Crippen molar-refractivity contribution in [3.8, 4) is 12.1 Å². The third-order valence-corrected chi connectivity index (χ3v) is 1.55. The molecule has 0 heterocycles. The summed E-state index contributed by atoms with van der Waals surface area (Å²) in [6.45, 7) is 0. The summed E-state index contributed by atoms with van der Waals surface area (Å²) in [6, 6.07) is 7.46. The van der Waals surface area contributed by atoms with E-state index in [1.807, 2.05) is 12.1 Å². The summed E-state index contributed by atoms with van der Waals surface area (Å²) in [5.41, 5.74) is 5.47. The Hall–Kier alpha value is -2.53. The highest BCUT2D eigenvalue weighted by Gasteiger charge is 2.08. The zero-order valence-electron chi connectivity index (χ0n) is 7.11. The van der Waals surface area contributed by atoms with Crippen molar-refractivity contribution >= 4 is 11.7 Å². The van der Waals surface area contributed by atoms with Gasteiger partial charge < -0.3 is 11.1 Å². The van der Waals surface area contributed by atoms with Crippen molar-refractivity contribution in [3.63, 3.8) is 0 Å². The van der Waals surface area contributed by atoms with Gasteiger partial charge in [-0.1, -0.05) is 6.07 Å². The number of hydrogen-bond acceptors (Lipinski definition) is 3. The molecule has 0 bridgehead atoms. The lowest BCUT2D eigenvalue weighted by atomic mass is 10.1. The molecule has 2 amide bonds. The van der Waals surface area contributed by atoms with E-state index in [9.17, 15) is 4.79 Å². The minimum Gasteiger partial charge on any atom is -0.351 e. The van der Waals surface area contributed by atoms with Gasteiger partial charge in [0, 0.05) is 0 Å². The van der Waals surface area contributed by atoms with E-state index in [2.05, 4.69) is 5.32 Å². The highest BCUT2D eigenvalue weighted by atomic mass is 16.2. The first-order chi connectivity index (χ1) is 6.69. The fourth-order valence-corrected chi connectivity index (χ4v) is 1.00. The molecule has 0 fully saturated rings. The Labute approximate surface area is 80.4 Å². The maximum absolute atomic E-state index is 10.6. The van der Waals surface area contributed by atoms with Gasteiger partial charge in [-0.25, -0.2) is 4.79 Å². The number of carbonyl (C=O) groups excluding carboxylic acids is 1. The van der Waals surface area contributed by atoms with Crippen molar-refractivity contribution in [3.05, 3.63) is 29.3 Å². The Morgan fingerprint density at radius 3 is 2.57 bits per heavy atom. The second-order valence-electron chi connectivity index (χ2n) is 2.44. The Morgan fingerprint density at radius 1 is 1.36 bits per heavy atom. The first-order valence-corrected chi connectivity index (χ1v) is 3.68. The van der Waals surface area contributed by atoms with Gasteiger partial charge in [-0.2, -0.15) is 10.5 Å². The lowest BCUT2D eigenvalue weighted by Gasteiger charge is -2.04. The molecule has 0 aliphatic rings. The van der Waals surface area contributed by atoms with Crippen LogP contribution in [0.2, 0.25) is 0 Å². The Bertz CT molecular complexity index is 453. The van der Waals surface area contributed by atoms with Gasteiger partial charge in [0.2, 0.25) is 0 Å². The monoisotopic (exact) mass is 186 g/mol. The van der Waals surface area contributed by atoms with Crippen LogP contribution >= 0.6 is 0 Å². The second-order valence-corrected chi connectivity index (χ2v) is 2.44. The van der Waals surface area contributed by atoms with E-state index in [1.54, 1.807) is 6.07 Å². The number of nitriles is 2. The van der Waals surface area contributed by atoms with Crippen molar-refractivity contribution in [1.82, 2.24) is 0 Å². The summed E-state index contributed by atoms with van der Waals surface area (Å²) in [5, 5.41) is 19.7. The van der Waals surface area contributed by atoms with E-state index >= 15 is 0 Å². The molecule has 5 nitrogen and oxygen atoms in total. The summed E-state index contributed by atoms with van der Waals surface area (Å²) >= 11 is 0. The normalized spacial score (nSPS) is 8.43. The number of nitrogens with one attached hydrogen (secondary N) is 1. The number of primary amides is 1. The average Bonchev–Trinajstić information content (AvgIpc) is 2.16. The predicted octanol–water partition coefficient (Wildman–Crippen LogP) is 0.921. The van der Waals surface area contributed by atoms with Gasteiger partial charge in [0.1, 0.15) is 12.1 Å². The van der Waals surface area contributed by atoms with Gasteiger partial charge in [0.15, 0.2) is 0 Å². The molecular formula is C9H6N4O. The molecule has 3 N–H and O–H groups in total. The lowest BCUT2D eigenvalue weighted by Crippen LogP contribution is -2.20. The van der Waals surface area contributed by atoms with Gasteiger partial charge in [-0.3, -0.25) is 0 Å². The topological polar surface area (TPSA) is 103 Å². The van der Waals surface area contributed by atoms with Crippen LogP contribution < -0.4 is 11.1 Å². The van der Waals surface area contributed by atoms with Gasteiger partial charge >= 0.3 is 6.03 Å². The molecule has 0 spiro atoms. The Balaban J connectivity index is 3.25. The van der Waals surface area contributed by atoms with Crippen LogP contribution in [0.5, 0.6) is 0 Å². The lowest BCUT2D eigenvalue weighted by molar-refractivity contribution is 0.259. The minimum absolute atomic E-state index is 0.119. The number of amides is 2. The van der Waals surface area contributed by atoms with Crippen molar-refractivity contribution in [1.29, 1.82) is 10.5 Å². The zero-order valence-corrected chi connectivity index (χ0v) is 7.11. The molecule has 5 heteroatoms. The number of carbonyl (C=O) groups is 1. The van der Waals surface area contributed by atoms with E-state index in [0.29, 0.717) is 0 Å². The third kappa shape index (κ3) is 1.79. The van der Waals surface area contributed by atoms with Crippen molar-refractivity contribution in [2.24, 2.45) is 5.73 Å². The molecule has 1 aromatic rings. The fourth-order valence-electron chi connectivity index (χ4n) is 1.00. The second kappa shape index (κ2) is 3.92. The molecule has 0 aliphatic heterocycles. The molecule has 0 atom stereocenters. The number of nitrogens with two attached hydrogens (primary N) is 1. The smallest absolute Gasteiger partial charge is 0.316 e. The summed E-state index contributed by atoms with van der Waals surface area (Å²) in [6.07, 6.45) is 0. The third-order valence-electron chi connectivity index (χ3n) is 1.55. The first-order valence-electron chi connectivity index (χ1n) is 3.68. The summed E-state index contributed by atoms with van der Waals surface area (Å²) in [4.78, 5) is 10.6. The van der Waals surface area contributed by atoms with Crippen LogP contribution in [-0.2, 0) is 0 Å². The number of benzene rings is 1. The highest BCUT2D eigenvalue weighted by Crippen LogP contribution is 2.17. The summed E-state index contributed by atoms with van der Waals surface area (Å²) in [5.74, 6) is 0. The van der Waals surface area contributed by atoms with Gasteiger partial charge in [0.25, 0.3) is 0 Å². The quantitative estimate of drug-likeness (QED) is 0.681. The van der Waals surface area contributed by atoms with Crippen LogP contribution in [0.4, 0.5) is 10.5 Å². The molecule has 0 saturated heterocycles. The summed E-state index contributed by atoms with van der Waals surface area (Å²) in [7, 11) is 0. The van der Waals surface area contributed by atoms with Gasteiger partial charge in [-0.05, 0) is 12.1 Å². The largest absolute Gasteiger partial charge is 0.351 e. The van der Waals surface area contributed by atoms with Crippen molar-refractivity contribution in [2.45, 2.75) is 0 Å². The van der Waals surface area contributed by atoms with Crippen molar-refractivity contribution in [2.75, 3.05) is 5.32 Å². The maximum atomic E-state index is 10.6. The predicted molar refractivity (Wildman–Crippen MR) is 49.1 cm³/mol. The number of urea groups is 1. The molecular weight excluding hydrogens is 180 g/mol. The molecule has 0 saturated carbocycles. The van der Waals surface area contributed by atoms with E-state index in [-0.39, 0.29) is 16.8 Å². The highest BCUT2D eigenvalue weighted by molar-refractivity contribution is 5.90. The number of hydrogen-bond donors (Lipinski definition) is 2. The van der Waals surface area contributed by atoms with Crippen molar-refractivity contribution < 1.29 is 4.79 Å². The van der Waals surface area contributed by atoms with E-state index in [4.69, 9.17) is 16.3 Å². The van der Waals surface area contributed by atoms with Gasteiger partial charge in [-0.15, -0.1) is 0 Å². The van der Waals surface area contributed by atoms with E-state index < -0.39 is 6.03 Å². The van der Waals surface area contributed by atoms with Gasteiger partial charge in [0.05, 0.1) is 16.8 Å². The zero-order chi connectivity index (χ0) is 10.6. The molecule has 0 aliphatic carbocycles. The van der Waals surface area contributed by atoms with Crippen LogP contribution in [0.1, 0.15) is 11.1 Å². The Morgan fingerprint density at radius 2 is 2.07 bits per heavy atom. The maximum Gasteiger partial charge on any atom is 0.316 e. The van der Waals surface area contributed by atoms with Crippen LogP contribution in [0.25, 0.3) is 0 Å². The first kappa shape index (κ1) is 9.56. The molecule has 0 aromatic heterocycles. The minimum atomic E-state index is -0.767. The van der Waals surface area contributed by atoms with Crippen LogP contribution in [0.3, 0.4) is 0 Å². The molecule has 14 heavy (non-hydrogen) atoms. The molecule has 0 unspecified atom stereocenters. The average molecular weight is 186 g/mol. The molecule has 0 radical (unpaired) electrons. The van der Waals surface area contributed by atoms with E-state index in [1.165, 1.54) is 12.1 Å². The fraction of sp³-hybridized carbons (Fsp3) is 0. The van der Waals surface area contributed by atoms with E-state index in [0.717, 1.165) is 0 Å². The SMILES string of the molecule is N#Cc1cccc(NC(N)=O)c1C#N. The number of rotatable bonds is 1. The Kier molecular flexibility index (Phi) is 2.68. The van der Waals surface area contributed by atoms with Crippen LogP contribution in [0, 0.1) is 22.7 Å². The molecule has 1 aromatic carbocycles. The number of nitrogens with zero attached hydrogens (tertiary/aromatic N) is 2. The van der Waals surface area contributed by atoms with Crippen LogP contribution in [0.15, 0.2) is 18.2 Å². The summed E-state index contributed by atoms with van der Waals surface area (Å²) < 4.78 is 0. The molecule has 68 valence electrons. The molecule has 1 rings (SSSR count).